The van der Waals surface area contributed by atoms with Gasteiger partial charge in [-0.3, -0.25) is 0 Å². The van der Waals surface area contributed by atoms with Crippen molar-refractivity contribution in [2.24, 2.45) is 105 Å². The van der Waals surface area contributed by atoms with Gasteiger partial charge in [-0.25, -0.2) is 13.4 Å². The van der Waals surface area contributed by atoms with Crippen molar-refractivity contribution < 1.29 is 13.2 Å². The second kappa shape index (κ2) is 23.5. The Labute approximate surface area is 452 Å². The zero-order valence-corrected chi connectivity index (χ0v) is 50.2. The minimum atomic E-state index is -3.38. The highest BCUT2D eigenvalue weighted by Gasteiger charge is 2.61. The van der Waals surface area contributed by atoms with E-state index in [-0.39, 0.29) is 17.1 Å². The van der Waals surface area contributed by atoms with Crippen molar-refractivity contribution in [3.05, 3.63) is 59.7 Å². The summed E-state index contributed by atoms with van der Waals surface area (Å²) in [5.41, 5.74) is 6.23. The highest BCUT2D eigenvalue weighted by atomic mass is 32.2. The quantitative estimate of drug-likeness (QED) is 0.140. The fourth-order valence-corrected chi connectivity index (χ4v) is 22.1. The van der Waals surface area contributed by atoms with Crippen molar-refractivity contribution in [1.29, 1.82) is 0 Å². The molecule has 73 heavy (non-hydrogen) atoms. The number of aldehydes is 1. The molecule has 6 fully saturated rings. The molecule has 0 spiro atoms. The maximum absolute atomic E-state index is 13.4. The minimum Gasteiger partial charge on any atom is -0.303 e. The number of carbonyl (C=O) groups excluding carboxylic acids is 1. The van der Waals surface area contributed by atoms with Gasteiger partial charge >= 0.3 is 0 Å². The molecule has 6 saturated carbocycles. The number of carbonyl (C=O) groups is 1. The van der Waals surface area contributed by atoms with Crippen molar-refractivity contribution >= 4 is 37.7 Å². The lowest BCUT2D eigenvalue weighted by Crippen LogP contribution is -2.50. The molecule has 16 atom stereocenters. The van der Waals surface area contributed by atoms with Gasteiger partial charge in [-0.2, -0.15) is 0 Å². The molecule has 0 bridgehead atoms. The number of hydrogen-bond acceptors (Lipinski definition) is 5. The molecule has 1 heterocycles. The Bertz CT molecular complexity index is 2340. The average Bonchev–Trinajstić information content (AvgIpc) is 4.09. The van der Waals surface area contributed by atoms with Crippen molar-refractivity contribution in [2.45, 2.75) is 229 Å². The average molecular weight is 1040 g/mol. The van der Waals surface area contributed by atoms with E-state index in [1.165, 1.54) is 133 Å². The number of rotatable bonds is 14. The maximum atomic E-state index is 13.4. The summed E-state index contributed by atoms with van der Waals surface area (Å²) in [6.07, 6.45) is 40.6. The third kappa shape index (κ3) is 11.3. The first-order valence-electron chi connectivity index (χ1n) is 30.9. The lowest BCUT2D eigenvalue weighted by molar-refractivity contribution is -0.108. The van der Waals surface area contributed by atoms with Crippen LogP contribution in [0.1, 0.15) is 224 Å². The highest BCUT2D eigenvalue weighted by Crippen LogP contribution is 2.69. The topological polar surface area (TPSA) is 64.1 Å². The molecule has 0 unspecified atom stereocenters. The van der Waals surface area contributed by atoms with Crippen LogP contribution in [0.5, 0.6) is 0 Å². The molecule has 6 heteroatoms. The van der Waals surface area contributed by atoms with Crippen molar-refractivity contribution in [1.82, 2.24) is 4.98 Å². The first-order valence-corrected chi connectivity index (χ1v) is 33.3. The summed E-state index contributed by atoms with van der Waals surface area (Å²) >= 11 is 1.33. The zero-order chi connectivity index (χ0) is 52.5. The van der Waals surface area contributed by atoms with Crippen molar-refractivity contribution in [3.63, 3.8) is 0 Å². The number of para-hydroxylation sites is 1. The van der Waals surface area contributed by atoms with Gasteiger partial charge in [0.2, 0.25) is 14.2 Å². The number of aromatic nitrogens is 1. The molecule has 408 valence electrons. The molecule has 8 aliphatic rings. The SMILES string of the molecule is CCC(CC)C/C=C/[C@@H](C)[C@H]1CC[C@H]2[C@@H]3CC=C4C[C@@H](C)CC[C@]4(C)[C@H]3CC[C@]12C.CCC(CC)CC=O.C[C@H]1CC[C@@]2(C)C(=CC[C@H]3[C@@H]4CC[C@H]([C@H](C)CS(=O)(=O)c5nc6ccccc6s5)[C@@]4(C)CC[C@@H]32)C1. The monoisotopic (exact) mass is 1040 g/mol. The number of thiazole rings is 1. The van der Waals surface area contributed by atoms with E-state index < -0.39 is 9.84 Å². The van der Waals surface area contributed by atoms with E-state index in [4.69, 9.17) is 0 Å². The van der Waals surface area contributed by atoms with E-state index in [9.17, 15) is 13.2 Å². The summed E-state index contributed by atoms with van der Waals surface area (Å²) in [4.78, 5) is 14.4. The molecule has 8 aliphatic carbocycles. The Hall–Kier alpha value is -2.05. The number of allylic oxidation sites excluding steroid dienone is 6. The Morgan fingerprint density at radius 1 is 0.658 bits per heavy atom. The molecule has 4 nitrogen and oxygen atoms in total. The van der Waals surface area contributed by atoms with Crippen LogP contribution in [-0.2, 0) is 14.6 Å². The molecular formula is C67H105NO3S2. The fourth-order valence-electron chi connectivity index (χ4n) is 19.1. The van der Waals surface area contributed by atoms with Crippen molar-refractivity contribution in [3.8, 4) is 0 Å². The van der Waals surface area contributed by atoms with Crippen LogP contribution in [0.4, 0.5) is 0 Å². The first-order chi connectivity index (χ1) is 34.8. The Morgan fingerprint density at radius 2 is 1.16 bits per heavy atom. The van der Waals surface area contributed by atoms with Crippen LogP contribution >= 0.6 is 11.3 Å². The van der Waals surface area contributed by atoms with Gasteiger partial charge in [-0.15, -0.1) is 11.3 Å². The predicted octanol–water partition coefficient (Wildman–Crippen LogP) is 19.2. The van der Waals surface area contributed by atoms with E-state index >= 15 is 0 Å². The third-order valence-electron chi connectivity index (χ3n) is 23.8. The highest BCUT2D eigenvalue weighted by molar-refractivity contribution is 7.93. The summed E-state index contributed by atoms with van der Waals surface area (Å²) < 4.78 is 28.1. The Morgan fingerprint density at radius 3 is 1.67 bits per heavy atom. The minimum absolute atomic E-state index is 0.166. The van der Waals surface area contributed by atoms with E-state index in [0.29, 0.717) is 32.4 Å². The smallest absolute Gasteiger partial charge is 0.210 e. The normalized spacial score (nSPS) is 38.5. The van der Waals surface area contributed by atoms with E-state index in [1.54, 1.807) is 5.57 Å². The summed E-state index contributed by atoms with van der Waals surface area (Å²) in [6.45, 7) is 29.1. The van der Waals surface area contributed by atoms with Gasteiger partial charge in [-0.1, -0.05) is 156 Å². The number of benzene rings is 1. The molecule has 1 aromatic carbocycles. The van der Waals surface area contributed by atoms with E-state index in [0.717, 1.165) is 101 Å². The largest absolute Gasteiger partial charge is 0.303 e. The molecule has 0 amide bonds. The summed E-state index contributed by atoms with van der Waals surface area (Å²) in [5.74, 6) is 11.1. The van der Waals surface area contributed by atoms with Crippen LogP contribution in [0, 0.1) is 105 Å². The first kappa shape index (κ1) is 57.1. The van der Waals surface area contributed by atoms with Crippen molar-refractivity contribution in [2.75, 3.05) is 5.75 Å². The number of fused-ring (bicyclic) bond motifs is 11. The van der Waals surface area contributed by atoms with E-state index in [1.807, 2.05) is 29.8 Å². The van der Waals surface area contributed by atoms with Crippen LogP contribution in [0.25, 0.3) is 10.2 Å². The second-order valence-electron chi connectivity index (χ2n) is 27.7. The van der Waals surface area contributed by atoms with Crippen LogP contribution in [0.3, 0.4) is 0 Å². The number of nitrogens with zero attached hydrogens (tertiary/aromatic N) is 1. The molecule has 0 N–H and O–H groups in total. The van der Waals surface area contributed by atoms with Crippen LogP contribution in [0.15, 0.2) is 64.1 Å². The lowest BCUT2D eigenvalue weighted by atomic mass is 9.46. The lowest BCUT2D eigenvalue weighted by Gasteiger charge is -2.58. The van der Waals surface area contributed by atoms with Gasteiger partial charge in [0.05, 0.1) is 16.0 Å². The maximum Gasteiger partial charge on any atom is 0.210 e. The molecule has 10 rings (SSSR count). The van der Waals surface area contributed by atoms with Gasteiger partial charge in [0.25, 0.3) is 0 Å². The zero-order valence-electron chi connectivity index (χ0n) is 48.5. The summed E-state index contributed by atoms with van der Waals surface area (Å²) in [5, 5.41) is 0. The van der Waals surface area contributed by atoms with Gasteiger partial charge in [0.1, 0.15) is 6.29 Å². The van der Waals surface area contributed by atoms with E-state index in [2.05, 4.69) is 112 Å². The molecule has 0 aliphatic heterocycles. The standard InChI is InChI=1S/C30H41NO2S2.C30H50.C7H14O/c1-19-13-15-29(3)21(17-19)9-10-22-24-12-11-23(30(24,4)16-14-25(22)29)20(2)18-35(32,33)28-31-26-7-5-6-8-27(26)34-28;1-7-23(8-2)11-9-10-22(4)26-14-15-27-25-13-12-24-20-21(3)16-18-29(24,5)28(25)17-19-30(26,27)6;1-3-7(4-2)5-6-8/h5-9,19-20,22-25H,10-18H2,1-4H3;9-10,12,21-23,25-28H,7-8,11,13-20H2,1-6H3;6-7H,3-5H2,1-2H3/b;10-9+;/t19-,20+,22-,23+,24-,25-,29-,30+;21-,22+,25-,26+,27-,28-,29-,30+;/m00./s1. The van der Waals surface area contributed by atoms with Gasteiger partial charge in [-0.05, 0) is 226 Å². The summed E-state index contributed by atoms with van der Waals surface area (Å²) in [7, 11) is -3.38. The predicted molar refractivity (Wildman–Crippen MR) is 311 cm³/mol. The van der Waals surface area contributed by atoms with Gasteiger partial charge < -0.3 is 4.79 Å². The molecule has 0 radical (unpaired) electrons. The van der Waals surface area contributed by atoms with Gasteiger partial charge in [0.15, 0.2) is 0 Å². The second-order valence-corrected chi connectivity index (χ2v) is 30.9. The van der Waals surface area contributed by atoms with Crippen LogP contribution in [-0.4, -0.2) is 25.4 Å². The third-order valence-corrected chi connectivity index (χ3v) is 27.3. The molecular weight excluding hydrogens is 931 g/mol. The molecule has 1 aromatic heterocycles. The molecule has 2 aromatic rings. The fraction of sp³-hybridized carbons (Fsp3) is 0.791. The Balaban J connectivity index is 0.000000171. The summed E-state index contributed by atoms with van der Waals surface area (Å²) in [6, 6.07) is 7.75. The van der Waals surface area contributed by atoms with Crippen LogP contribution in [0.2, 0.25) is 0 Å². The molecule has 0 saturated heterocycles. The number of hydrogen-bond donors (Lipinski definition) is 0. The van der Waals surface area contributed by atoms with Gasteiger partial charge in [0, 0.05) is 6.42 Å². The number of sulfone groups is 1. The van der Waals surface area contributed by atoms with Crippen LogP contribution < -0.4 is 0 Å². The Kier molecular flexibility index (Phi) is 18.4.